The molecule has 0 aromatic carbocycles. The standard InChI is InChI=1S/C4H7ClF2O2/c1-9-2-3(8)4(5,6)7/h3,8H,2H2,1H3. The van der Waals surface area contributed by atoms with Crippen molar-refractivity contribution in [1.82, 2.24) is 0 Å². The third-order valence-electron chi connectivity index (χ3n) is 0.702. The lowest BCUT2D eigenvalue weighted by Gasteiger charge is -2.13. The van der Waals surface area contributed by atoms with Crippen LogP contribution in [-0.4, -0.2) is 30.3 Å². The second kappa shape index (κ2) is 3.29. The fraction of sp³-hybridized carbons (Fsp3) is 1.00. The topological polar surface area (TPSA) is 29.5 Å². The van der Waals surface area contributed by atoms with Gasteiger partial charge < -0.3 is 9.84 Å². The van der Waals surface area contributed by atoms with E-state index in [4.69, 9.17) is 5.11 Å². The van der Waals surface area contributed by atoms with Gasteiger partial charge in [-0.15, -0.1) is 0 Å². The van der Waals surface area contributed by atoms with Crippen LogP contribution in [-0.2, 0) is 4.74 Å². The molecular formula is C4H7ClF2O2. The van der Waals surface area contributed by atoms with E-state index in [0.29, 0.717) is 0 Å². The molecule has 1 N–H and O–H groups in total. The number of hydrogen-bond donors (Lipinski definition) is 1. The summed E-state index contributed by atoms with van der Waals surface area (Å²) in [6.07, 6.45) is -1.93. The maximum atomic E-state index is 11.7. The molecule has 1 unspecified atom stereocenters. The fourth-order valence-corrected chi connectivity index (χ4v) is 0.315. The second-order valence-corrected chi connectivity index (χ2v) is 2.02. The molecule has 1 atom stereocenters. The number of aliphatic hydroxyl groups is 1. The predicted molar refractivity (Wildman–Crippen MR) is 28.7 cm³/mol. The van der Waals surface area contributed by atoms with Crippen molar-refractivity contribution >= 4 is 11.6 Å². The second-order valence-electron chi connectivity index (χ2n) is 1.51. The molecule has 5 heteroatoms. The molecule has 0 amide bonds. The molecule has 0 aliphatic rings. The normalized spacial score (nSPS) is 15.7. The summed E-state index contributed by atoms with van der Waals surface area (Å²) in [6, 6.07) is 0. The number of methoxy groups -OCH3 is 1. The molecule has 0 aliphatic carbocycles. The smallest absolute Gasteiger partial charge is 0.349 e. The summed E-state index contributed by atoms with van der Waals surface area (Å²) < 4.78 is 27.7. The summed E-state index contributed by atoms with van der Waals surface area (Å²) in [5, 5.41) is 4.79. The zero-order valence-corrected chi connectivity index (χ0v) is 5.53. The first-order valence-corrected chi connectivity index (χ1v) is 2.60. The van der Waals surface area contributed by atoms with Gasteiger partial charge in [-0.05, 0) is 11.6 Å². The van der Waals surface area contributed by atoms with Gasteiger partial charge in [-0.1, -0.05) is 0 Å². The molecular weight excluding hydrogens is 153 g/mol. The maximum Gasteiger partial charge on any atom is 0.349 e. The van der Waals surface area contributed by atoms with Crippen molar-refractivity contribution < 1.29 is 18.6 Å². The highest BCUT2D eigenvalue weighted by Gasteiger charge is 2.35. The summed E-state index contributed by atoms with van der Waals surface area (Å²) in [4.78, 5) is 0. The van der Waals surface area contributed by atoms with Gasteiger partial charge in [0.2, 0.25) is 0 Å². The lowest BCUT2D eigenvalue weighted by Crippen LogP contribution is -2.31. The molecule has 0 aromatic heterocycles. The zero-order valence-electron chi connectivity index (χ0n) is 4.77. The minimum absolute atomic E-state index is 0.462. The number of ether oxygens (including phenoxy) is 1. The third-order valence-corrected chi connectivity index (χ3v) is 0.954. The van der Waals surface area contributed by atoms with Crippen molar-refractivity contribution in [2.45, 2.75) is 11.5 Å². The fourth-order valence-electron chi connectivity index (χ4n) is 0.252. The Morgan fingerprint density at radius 2 is 2.22 bits per heavy atom. The van der Waals surface area contributed by atoms with Crippen molar-refractivity contribution in [3.63, 3.8) is 0 Å². The van der Waals surface area contributed by atoms with Crippen LogP contribution in [0, 0.1) is 0 Å². The molecule has 56 valence electrons. The number of aliphatic hydroxyl groups excluding tert-OH is 1. The van der Waals surface area contributed by atoms with Crippen molar-refractivity contribution in [1.29, 1.82) is 0 Å². The number of rotatable bonds is 3. The van der Waals surface area contributed by atoms with Gasteiger partial charge in [-0.2, -0.15) is 8.78 Å². The van der Waals surface area contributed by atoms with E-state index in [1.54, 1.807) is 0 Å². The van der Waals surface area contributed by atoms with Crippen molar-refractivity contribution in [3.8, 4) is 0 Å². The molecule has 0 fully saturated rings. The number of alkyl halides is 3. The summed E-state index contributed by atoms with van der Waals surface area (Å²) in [7, 11) is 1.20. The van der Waals surface area contributed by atoms with Gasteiger partial charge in [0.15, 0.2) is 6.10 Å². The lowest BCUT2D eigenvalue weighted by atomic mass is 10.4. The van der Waals surface area contributed by atoms with Gasteiger partial charge in [0, 0.05) is 7.11 Å². The summed E-state index contributed by atoms with van der Waals surface area (Å²) >= 11 is 4.40. The Kier molecular flexibility index (Phi) is 3.32. The van der Waals surface area contributed by atoms with Crippen LogP contribution >= 0.6 is 11.6 Å². The van der Waals surface area contributed by atoms with E-state index in [2.05, 4.69) is 16.3 Å². The van der Waals surface area contributed by atoms with Crippen LogP contribution in [0.15, 0.2) is 0 Å². The highest BCUT2D eigenvalue weighted by Crippen LogP contribution is 2.23. The molecule has 9 heavy (non-hydrogen) atoms. The molecule has 2 nitrogen and oxygen atoms in total. The Balaban J connectivity index is 3.59. The van der Waals surface area contributed by atoms with Crippen LogP contribution in [0.5, 0.6) is 0 Å². The van der Waals surface area contributed by atoms with Gasteiger partial charge in [0.05, 0.1) is 6.61 Å². The van der Waals surface area contributed by atoms with Gasteiger partial charge in [-0.25, -0.2) is 0 Å². The van der Waals surface area contributed by atoms with Crippen molar-refractivity contribution in [2.24, 2.45) is 0 Å². The molecule has 0 radical (unpaired) electrons. The molecule has 0 saturated carbocycles. The third kappa shape index (κ3) is 3.61. The molecule has 0 saturated heterocycles. The quantitative estimate of drug-likeness (QED) is 0.620. The summed E-state index contributed by atoms with van der Waals surface area (Å²) in [5.74, 6) is 0. The van der Waals surface area contributed by atoms with Gasteiger partial charge >= 0.3 is 5.38 Å². The minimum Gasteiger partial charge on any atom is -0.383 e. The number of hydrogen-bond acceptors (Lipinski definition) is 2. The Morgan fingerprint density at radius 1 is 1.78 bits per heavy atom. The van der Waals surface area contributed by atoms with Crippen LogP contribution in [0.4, 0.5) is 8.78 Å². The van der Waals surface area contributed by atoms with Crippen LogP contribution in [0.1, 0.15) is 0 Å². The van der Waals surface area contributed by atoms with E-state index < -0.39 is 18.1 Å². The van der Waals surface area contributed by atoms with E-state index in [1.165, 1.54) is 7.11 Å². The van der Waals surface area contributed by atoms with Gasteiger partial charge in [-0.3, -0.25) is 0 Å². The Morgan fingerprint density at radius 3 is 2.33 bits per heavy atom. The first-order valence-electron chi connectivity index (χ1n) is 2.22. The molecule has 0 heterocycles. The Hall–Kier alpha value is 0.0700. The lowest BCUT2D eigenvalue weighted by molar-refractivity contribution is -0.0729. The van der Waals surface area contributed by atoms with Crippen LogP contribution in [0.25, 0.3) is 0 Å². The van der Waals surface area contributed by atoms with E-state index in [0.717, 1.165) is 0 Å². The molecule has 0 aliphatic heterocycles. The molecule has 0 bridgehead atoms. The highest BCUT2D eigenvalue weighted by molar-refractivity contribution is 6.22. The molecule has 0 aromatic rings. The first kappa shape index (κ1) is 9.07. The minimum atomic E-state index is -3.59. The zero-order chi connectivity index (χ0) is 7.49. The van der Waals surface area contributed by atoms with E-state index in [9.17, 15) is 8.78 Å². The monoisotopic (exact) mass is 160 g/mol. The van der Waals surface area contributed by atoms with Crippen LogP contribution in [0.2, 0.25) is 0 Å². The Labute approximate surface area is 56.4 Å². The van der Waals surface area contributed by atoms with Crippen molar-refractivity contribution in [2.75, 3.05) is 13.7 Å². The summed E-state index contributed by atoms with van der Waals surface area (Å²) in [5.41, 5.74) is 0. The van der Waals surface area contributed by atoms with Crippen LogP contribution in [0.3, 0.4) is 0 Å². The predicted octanol–water partition coefficient (Wildman–Crippen LogP) is 0.825. The first-order chi connectivity index (χ1) is 3.98. The van der Waals surface area contributed by atoms with E-state index in [-0.39, 0.29) is 0 Å². The number of halogens is 3. The van der Waals surface area contributed by atoms with E-state index >= 15 is 0 Å². The Bertz CT molecular complexity index is 83.1. The highest BCUT2D eigenvalue weighted by atomic mass is 35.5. The van der Waals surface area contributed by atoms with Crippen molar-refractivity contribution in [3.05, 3.63) is 0 Å². The average Bonchev–Trinajstić information content (AvgIpc) is 1.64. The maximum absolute atomic E-state index is 11.7. The van der Waals surface area contributed by atoms with Gasteiger partial charge in [0.1, 0.15) is 0 Å². The molecule has 0 spiro atoms. The largest absolute Gasteiger partial charge is 0.383 e. The summed E-state index contributed by atoms with van der Waals surface area (Å²) in [6.45, 7) is -0.462. The average molecular weight is 161 g/mol. The van der Waals surface area contributed by atoms with Gasteiger partial charge in [0.25, 0.3) is 0 Å². The van der Waals surface area contributed by atoms with Crippen LogP contribution < -0.4 is 0 Å². The molecule has 0 rings (SSSR count). The van der Waals surface area contributed by atoms with E-state index in [1.807, 2.05) is 0 Å². The SMILES string of the molecule is COCC(O)C(F)(F)Cl.